The van der Waals surface area contributed by atoms with Gasteiger partial charge in [-0.15, -0.1) is 0 Å². The molecule has 0 aromatic rings. The van der Waals surface area contributed by atoms with Gasteiger partial charge < -0.3 is 45.1 Å². The van der Waals surface area contributed by atoms with E-state index in [2.05, 4.69) is 67.8 Å². The number of amides is 1. The van der Waals surface area contributed by atoms with Crippen molar-refractivity contribution in [1.82, 2.24) is 5.32 Å². The second-order valence-electron chi connectivity index (χ2n) is 20.0. The zero-order valence-corrected chi connectivity index (χ0v) is 45.2. The van der Waals surface area contributed by atoms with E-state index < -0.39 is 49.5 Å². The Labute approximate surface area is 433 Å². The van der Waals surface area contributed by atoms with Crippen LogP contribution in [0.15, 0.2) is 60.8 Å². The van der Waals surface area contributed by atoms with Crippen molar-refractivity contribution in [2.45, 2.75) is 288 Å². The summed E-state index contributed by atoms with van der Waals surface area (Å²) in [7, 11) is 0. The zero-order chi connectivity index (χ0) is 51.7. The van der Waals surface area contributed by atoms with Gasteiger partial charge in [-0.1, -0.05) is 197 Å². The Kier molecular flexibility index (Phi) is 46.3. The van der Waals surface area contributed by atoms with E-state index in [0.717, 1.165) is 109 Å². The summed E-state index contributed by atoms with van der Waals surface area (Å²) in [5.74, 6) is -0.248. The topological polar surface area (TPSA) is 175 Å². The van der Waals surface area contributed by atoms with Gasteiger partial charge in [0.05, 0.1) is 32.0 Å². The number of aliphatic hydroxyl groups excluding tert-OH is 5. The summed E-state index contributed by atoms with van der Waals surface area (Å²) in [6.45, 7) is 4.22. The Balaban J connectivity index is 2.14. The van der Waals surface area contributed by atoms with Gasteiger partial charge in [0.15, 0.2) is 6.29 Å². The van der Waals surface area contributed by atoms with Crippen molar-refractivity contribution in [2.24, 2.45) is 0 Å². The maximum atomic E-state index is 13.0. The Morgan fingerprint density at radius 3 is 1.46 bits per heavy atom. The highest BCUT2D eigenvalue weighted by atomic mass is 16.7. The molecule has 7 unspecified atom stereocenters. The summed E-state index contributed by atoms with van der Waals surface area (Å²) in [6, 6.07) is -0.823. The molecule has 0 spiro atoms. The van der Waals surface area contributed by atoms with Crippen molar-refractivity contribution in [1.29, 1.82) is 0 Å². The third kappa shape index (κ3) is 39.5. The average Bonchev–Trinajstić information content (AvgIpc) is 3.37. The summed E-state index contributed by atoms with van der Waals surface area (Å²) in [4.78, 5) is 25.1. The fraction of sp³-hybridized carbons (Fsp3) is 0.800. The van der Waals surface area contributed by atoms with E-state index in [1.54, 1.807) is 6.08 Å². The first-order chi connectivity index (χ1) is 34.7. The van der Waals surface area contributed by atoms with E-state index in [0.29, 0.717) is 19.4 Å². The third-order valence-corrected chi connectivity index (χ3v) is 13.3. The molecule has 1 aliphatic rings. The van der Waals surface area contributed by atoms with Crippen LogP contribution in [0.1, 0.15) is 245 Å². The summed E-state index contributed by atoms with van der Waals surface area (Å²) in [6.07, 6.45) is 53.0. The number of aliphatic hydroxyl groups is 5. The van der Waals surface area contributed by atoms with Gasteiger partial charge in [0.2, 0.25) is 5.91 Å². The number of ether oxygens (including phenoxy) is 3. The van der Waals surface area contributed by atoms with Crippen LogP contribution in [0.2, 0.25) is 0 Å². The van der Waals surface area contributed by atoms with Crippen LogP contribution in [-0.4, -0.2) is 100 Å². The number of unbranched alkanes of at least 4 members (excludes halogenated alkanes) is 27. The molecule has 1 amide bonds. The first-order valence-corrected chi connectivity index (χ1v) is 29.1. The Morgan fingerprint density at radius 1 is 0.521 bits per heavy atom. The second kappa shape index (κ2) is 49.6. The predicted molar refractivity (Wildman–Crippen MR) is 292 cm³/mol. The van der Waals surface area contributed by atoms with Gasteiger partial charge in [-0.3, -0.25) is 9.59 Å². The smallest absolute Gasteiger partial charge is 0.305 e. The molecule has 1 heterocycles. The molecule has 71 heavy (non-hydrogen) atoms. The molecule has 11 nitrogen and oxygen atoms in total. The highest BCUT2D eigenvalue weighted by molar-refractivity contribution is 5.76. The molecule has 1 rings (SSSR count). The summed E-state index contributed by atoms with van der Waals surface area (Å²) in [5, 5.41) is 54.3. The molecule has 7 atom stereocenters. The number of carbonyl (C=O) groups is 2. The van der Waals surface area contributed by atoms with Crippen LogP contribution < -0.4 is 5.32 Å². The number of carbonyl (C=O) groups excluding carboxylic acids is 2. The van der Waals surface area contributed by atoms with Crippen molar-refractivity contribution in [3.63, 3.8) is 0 Å². The number of hydrogen-bond acceptors (Lipinski definition) is 10. The molecule has 1 saturated heterocycles. The van der Waals surface area contributed by atoms with Gasteiger partial charge in [-0.25, -0.2) is 0 Å². The van der Waals surface area contributed by atoms with Crippen LogP contribution >= 0.6 is 0 Å². The second-order valence-corrected chi connectivity index (χ2v) is 20.0. The third-order valence-electron chi connectivity index (χ3n) is 13.3. The lowest BCUT2D eigenvalue weighted by Gasteiger charge is -2.40. The SMILES string of the molecule is CCCC/C=C\C/C=C\CCCCCCCC(=O)OCCCCC/C=C\C/C=C\CCCCCCCCCC(=O)NC(COC1OC(CO)C(O)C(O)C1O)C(O)/C=C/CCCCCCCCCCCC. The number of hydrogen-bond donors (Lipinski definition) is 6. The van der Waals surface area contributed by atoms with Crippen LogP contribution in [0.5, 0.6) is 0 Å². The standard InChI is InChI=1S/C60H107NO10/c1-3-5-7-9-11-13-15-17-24-28-32-36-40-44-48-56(65)69-49-45-41-37-33-29-25-22-20-18-19-21-23-27-31-35-39-43-47-55(64)61-52(51-70-60-59(68)58(67)57(66)54(50-62)71-60)53(63)46-42-38-34-30-26-16-14-12-10-8-6-4-2/h9,11,15,17-18,20,25,29,42,46,52-54,57-60,62-63,66-68H,3-8,10,12-14,16,19,21-24,26-28,30-41,43-45,47-51H2,1-2H3,(H,61,64)/b11-9-,17-15-,20-18-,29-25-,46-42+. The summed E-state index contributed by atoms with van der Waals surface area (Å²) >= 11 is 0. The predicted octanol–water partition coefficient (Wildman–Crippen LogP) is 13.1. The minimum atomic E-state index is -1.58. The molecule has 0 bridgehead atoms. The molecule has 0 aliphatic carbocycles. The first kappa shape index (κ1) is 66.4. The zero-order valence-electron chi connectivity index (χ0n) is 45.2. The average molecular weight is 1000 g/mol. The van der Waals surface area contributed by atoms with Gasteiger partial charge >= 0.3 is 5.97 Å². The van der Waals surface area contributed by atoms with Gasteiger partial charge in [0.25, 0.3) is 0 Å². The molecule has 6 N–H and O–H groups in total. The van der Waals surface area contributed by atoms with Gasteiger partial charge in [-0.2, -0.15) is 0 Å². The fourth-order valence-corrected chi connectivity index (χ4v) is 8.66. The number of rotatable bonds is 49. The summed E-state index contributed by atoms with van der Waals surface area (Å²) in [5.41, 5.74) is 0. The van der Waals surface area contributed by atoms with Crippen molar-refractivity contribution in [2.75, 3.05) is 19.8 Å². The molecule has 0 aromatic heterocycles. The number of allylic oxidation sites excluding steroid dienone is 9. The molecular weight excluding hydrogens is 895 g/mol. The van der Waals surface area contributed by atoms with Crippen molar-refractivity contribution in [3.05, 3.63) is 60.8 Å². The quantitative estimate of drug-likeness (QED) is 0.0195. The van der Waals surface area contributed by atoms with E-state index in [-0.39, 0.29) is 18.5 Å². The molecule has 0 radical (unpaired) electrons. The van der Waals surface area contributed by atoms with E-state index >= 15 is 0 Å². The van der Waals surface area contributed by atoms with Gasteiger partial charge in [-0.05, 0) is 96.3 Å². The molecule has 1 aliphatic heterocycles. The Bertz CT molecular complexity index is 1360. The van der Waals surface area contributed by atoms with Crippen molar-refractivity contribution < 1.29 is 49.3 Å². The maximum absolute atomic E-state index is 13.0. The molecule has 412 valence electrons. The highest BCUT2D eigenvalue weighted by Crippen LogP contribution is 2.23. The maximum Gasteiger partial charge on any atom is 0.305 e. The first-order valence-electron chi connectivity index (χ1n) is 29.1. The van der Waals surface area contributed by atoms with Crippen LogP contribution in [0, 0.1) is 0 Å². The van der Waals surface area contributed by atoms with Crippen LogP contribution in [-0.2, 0) is 23.8 Å². The minimum Gasteiger partial charge on any atom is -0.466 e. The molecule has 0 aromatic carbocycles. The van der Waals surface area contributed by atoms with E-state index in [1.807, 2.05) is 6.08 Å². The number of nitrogens with one attached hydrogen (secondary N) is 1. The van der Waals surface area contributed by atoms with Crippen LogP contribution in [0.4, 0.5) is 0 Å². The van der Waals surface area contributed by atoms with Gasteiger partial charge in [0, 0.05) is 12.8 Å². The lowest BCUT2D eigenvalue weighted by Crippen LogP contribution is -2.60. The minimum absolute atomic E-state index is 0.0478. The largest absolute Gasteiger partial charge is 0.466 e. The van der Waals surface area contributed by atoms with Crippen LogP contribution in [0.25, 0.3) is 0 Å². The van der Waals surface area contributed by atoms with Crippen molar-refractivity contribution in [3.8, 4) is 0 Å². The summed E-state index contributed by atoms with van der Waals surface area (Å²) < 4.78 is 16.7. The molecular formula is C60H107NO10. The normalized spacial score (nSPS) is 19.6. The Morgan fingerprint density at radius 2 is 0.958 bits per heavy atom. The van der Waals surface area contributed by atoms with Crippen molar-refractivity contribution >= 4 is 11.9 Å². The highest BCUT2D eigenvalue weighted by Gasteiger charge is 2.44. The molecule has 11 heteroatoms. The molecule has 1 fully saturated rings. The monoisotopic (exact) mass is 1000 g/mol. The van der Waals surface area contributed by atoms with Gasteiger partial charge in [0.1, 0.15) is 24.4 Å². The lowest BCUT2D eigenvalue weighted by molar-refractivity contribution is -0.302. The molecule has 0 saturated carbocycles. The van der Waals surface area contributed by atoms with Crippen LogP contribution in [0.3, 0.4) is 0 Å². The Hall–Kier alpha value is -2.64. The number of esters is 1. The van der Waals surface area contributed by atoms with E-state index in [1.165, 1.54) is 109 Å². The fourth-order valence-electron chi connectivity index (χ4n) is 8.66. The lowest BCUT2D eigenvalue weighted by atomic mass is 9.99. The van der Waals surface area contributed by atoms with E-state index in [4.69, 9.17) is 14.2 Å². The van der Waals surface area contributed by atoms with E-state index in [9.17, 15) is 35.1 Å².